The Morgan fingerprint density at radius 3 is 2.69 bits per heavy atom. The fraction of sp³-hybridized carbons (Fsp3) is 0.417. The van der Waals surface area contributed by atoms with Crippen molar-refractivity contribution in [2.45, 2.75) is 44.6 Å². The molecule has 0 atom stereocenters. The summed E-state index contributed by atoms with van der Waals surface area (Å²) in [5, 5.41) is 3.12. The van der Waals surface area contributed by atoms with Crippen molar-refractivity contribution in [3.8, 4) is 5.75 Å². The summed E-state index contributed by atoms with van der Waals surface area (Å²) in [6.07, 6.45) is 4.03. The Morgan fingerprint density at radius 1 is 1.16 bits per heavy atom. The first kappa shape index (κ1) is 21.2. The molecule has 3 aliphatic rings. The van der Waals surface area contributed by atoms with Gasteiger partial charge in [-0.05, 0) is 49.8 Å². The van der Waals surface area contributed by atoms with E-state index in [1.807, 2.05) is 12.1 Å². The summed E-state index contributed by atoms with van der Waals surface area (Å²) in [7, 11) is 0. The molecule has 32 heavy (non-hydrogen) atoms. The molecular formula is C24H23ClF2N2O3. The van der Waals surface area contributed by atoms with Gasteiger partial charge in [0.25, 0.3) is 5.91 Å². The Hall–Kier alpha value is -2.67. The smallest absolute Gasteiger partial charge is 0.255 e. The molecule has 5 rings (SSSR count). The highest BCUT2D eigenvalue weighted by molar-refractivity contribution is 6.34. The van der Waals surface area contributed by atoms with E-state index in [2.05, 4.69) is 5.32 Å². The minimum absolute atomic E-state index is 0.0212. The summed E-state index contributed by atoms with van der Waals surface area (Å²) >= 11 is 6.09. The second-order valence-electron chi connectivity index (χ2n) is 8.84. The van der Waals surface area contributed by atoms with Gasteiger partial charge in [-0.1, -0.05) is 23.7 Å². The Bertz CT molecular complexity index is 1100. The zero-order valence-electron chi connectivity index (χ0n) is 17.4. The predicted octanol–water partition coefficient (Wildman–Crippen LogP) is 4.65. The Kier molecular flexibility index (Phi) is 5.32. The first-order valence-electron chi connectivity index (χ1n) is 10.9. The predicted molar refractivity (Wildman–Crippen MR) is 116 cm³/mol. The highest BCUT2D eigenvalue weighted by Crippen LogP contribution is 2.47. The van der Waals surface area contributed by atoms with Crippen LogP contribution in [0, 0.1) is 17.0 Å². The summed E-state index contributed by atoms with van der Waals surface area (Å²) in [5.41, 5.74) is 1.26. The van der Waals surface area contributed by atoms with Crippen molar-refractivity contribution in [3.63, 3.8) is 0 Å². The fourth-order valence-corrected chi connectivity index (χ4v) is 5.46. The third kappa shape index (κ3) is 3.52. The first-order valence-corrected chi connectivity index (χ1v) is 11.3. The van der Waals surface area contributed by atoms with E-state index < -0.39 is 17.0 Å². The molecular weight excluding hydrogens is 438 g/mol. The van der Waals surface area contributed by atoms with Gasteiger partial charge in [-0.3, -0.25) is 9.59 Å². The molecule has 0 unspecified atom stereocenters. The van der Waals surface area contributed by atoms with Crippen LogP contribution < -0.4 is 15.0 Å². The number of anilines is 1. The summed E-state index contributed by atoms with van der Waals surface area (Å²) in [6.45, 7) is 1.00. The van der Waals surface area contributed by atoms with Gasteiger partial charge in [0.05, 0.1) is 28.3 Å². The number of para-hydroxylation sites is 1. The van der Waals surface area contributed by atoms with Crippen LogP contribution in [0.2, 0.25) is 5.02 Å². The third-order valence-corrected chi connectivity index (χ3v) is 7.33. The number of fused-ring (bicyclic) bond motifs is 1. The van der Waals surface area contributed by atoms with Crippen LogP contribution in [0.3, 0.4) is 0 Å². The van der Waals surface area contributed by atoms with E-state index in [1.165, 1.54) is 4.90 Å². The maximum absolute atomic E-state index is 13.7. The minimum Gasteiger partial charge on any atom is -0.492 e. The number of nitrogens with one attached hydrogen (secondary N) is 1. The van der Waals surface area contributed by atoms with E-state index in [-0.39, 0.29) is 28.6 Å². The number of benzene rings is 2. The lowest BCUT2D eigenvalue weighted by atomic mass is 9.71. The molecule has 2 heterocycles. The monoisotopic (exact) mass is 460 g/mol. The third-order valence-electron chi connectivity index (χ3n) is 7.03. The fourth-order valence-electron chi connectivity index (χ4n) is 5.21. The average Bonchev–Trinajstić information content (AvgIpc) is 3.38. The van der Waals surface area contributed by atoms with Crippen LogP contribution in [-0.2, 0) is 11.2 Å². The second-order valence-corrected chi connectivity index (χ2v) is 9.25. The number of carbonyl (C=O) groups excluding carboxylic acids is 2. The number of hydrogen-bond donors (Lipinski definition) is 1. The molecule has 2 amide bonds. The van der Waals surface area contributed by atoms with Gasteiger partial charge in [0.1, 0.15) is 5.75 Å². The van der Waals surface area contributed by atoms with Crippen molar-refractivity contribution in [3.05, 3.63) is 58.1 Å². The molecule has 0 aromatic heterocycles. The van der Waals surface area contributed by atoms with Gasteiger partial charge < -0.3 is 15.0 Å². The van der Waals surface area contributed by atoms with Crippen LogP contribution in [0.25, 0.3) is 0 Å². The van der Waals surface area contributed by atoms with Gasteiger partial charge in [-0.15, -0.1) is 0 Å². The van der Waals surface area contributed by atoms with Gasteiger partial charge in [0, 0.05) is 25.1 Å². The van der Waals surface area contributed by atoms with Crippen LogP contribution >= 0.6 is 11.6 Å². The average molecular weight is 461 g/mol. The maximum Gasteiger partial charge on any atom is 0.255 e. The zero-order valence-corrected chi connectivity index (χ0v) is 18.2. The van der Waals surface area contributed by atoms with Crippen molar-refractivity contribution in [2.75, 3.05) is 18.1 Å². The molecule has 168 valence electrons. The van der Waals surface area contributed by atoms with Crippen molar-refractivity contribution < 1.29 is 23.1 Å². The minimum atomic E-state index is -1.04. The molecule has 5 nitrogen and oxygen atoms in total. The molecule has 1 spiro atoms. The van der Waals surface area contributed by atoms with Gasteiger partial charge >= 0.3 is 0 Å². The van der Waals surface area contributed by atoms with E-state index >= 15 is 0 Å². The molecule has 1 aliphatic carbocycles. The molecule has 8 heteroatoms. The molecule has 0 radical (unpaired) electrons. The summed E-state index contributed by atoms with van der Waals surface area (Å²) < 4.78 is 32.8. The van der Waals surface area contributed by atoms with Gasteiger partial charge in [0.2, 0.25) is 5.91 Å². The highest BCUT2D eigenvalue weighted by atomic mass is 35.5. The second kappa shape index (κ2) is 8.03. The topological polar surface area (TPSA) is 58.6 Å². The summed E-state index contributed by atoms with van der Waals surface area (Å²) in [5.74, 6) is -1.66. The van der Waals surface area contributed by atoms with E-state index in [0.717, 1.165) is 24.1 Å². The van der Waals surface area contributed by atoms with Crippen LogP contribution in [0.15, 0.2) is 30.3 Å². The number of ether oxygens (including phenoxy) is 1. The van der Waals surface area contributed by atoms with Gasteiger partial charge in [0.15, 0.2) is 11.6 Å². The quantitative estimate of drug-likeness (QED) is 0.678. The molecule has 2 fully saturated rings. The lowest BCUT2D eigenvalue weighted by Gasteiger charge is -2.36. The lowest BCUT2D eigenvalue weighted by Crippen LogP contribution is -2.44. The lowest BCUT2D eigenvalue weighted by molar-refractivity contribution is -0.127. The first-order chi connectivity index (χ1) is 15.4. The summed E-state index contributed by atoms with van der Waals surface area (Å²) in [6, 6.07) is 7.47. The maximum atomic E-state index is 13.7. The molecule has 2 aromatic rings. The highest BCUT2D eigenvalue weighted by Gasteiger charge is 2.49. The molecule has 1 saturated carbocycles. The zero-order chi connectivity index (χ0) is 22.5. The largest absolute Gasteiger partial charge is 0.492 e. The molecule has 2 aliphatic heterocycles. The van der Waals surface area contributed by atoms with E-state index in [0.29, 0.717) is 56.6 Å². The number of nitrogens with zero attached hydrogens (tertiary/aromatic N) is 1. The Balaban J connectivity index is 1.25. The van der Waals surface area contributed by atoms with Crippen molar-refractivity contribution >= 4 is 29.1 Å². The number of carbonyl (C=O) groups is 2. The normalized spacial score (nSPS) is 24.5. The summed E-state index contributed by atoms with van der Waals surface area (Å²) in [4.78, 5) is 27.6. The van der Waals surface area contributed by atoms with E-state index in [4.69, 9.17) is 16.3 Å². The Morgan fingerprint density at radius 2 is 1.91 bits per heavy atom. The van der Waals surface area contributed by atoms with E-state index in [1.54, 1.807) is 6.07 Å². The van der Waals surface area contributed by atoms with Gasteiger partial charge in [-0.25, -0.2) is 8.78 Å². The van der Waals surface area contributed by atoms with Crippen LogP contribution in [0.4, 0.5) is 14.5 Å². The molecule has 0 bridgehead atoms. The number of rotatable bonds is 3. The van der Waals surface area contributed by atoms with E-state index in [9.17, 15) is 18.4 Å². The van der Waals surface area contributed by atoms with Crippen molar-refractivity contribution in [2.24, 2.45) is 5.41 Å². The van der Waals surface area contributed by atoms with Crippen molar-refractivity contribution in [1.82, 2.24) is 5.32 Å². The number of amides is 2. The van der Waals surface area contributed by atoms with Crippen LogP contribution in [0.1, 0.15) is 48.0 Å². The molecule has 1 N–H and O–H groups in total. The van der Waals surface area contributed by atoms with Crippen molar-refractivity contribution in [1.29, 1.82) is 0 Å². The number of halogens is 3. The molecule has 2 aromatic carbocycles. The molecule has 1 saturated heterocycles. The van der Waals surface area contributed by atoms with Crippen LogP contribution in [0.5, 0.6) is 5.75 Å². The Labute approximate surface area is 189 Å². The standard InChI is InChI=1S/C24H23ClF2N2O3/c25-17-12-18(26)19(27)13-20(17)29-10-9-24(23(29)31)7-4-15(5-8-24)28-22(30)16-3-1-2-14-6-11-32-21(14)16/h1-3,12-13,15H,4-11H2,(H,28,30)/t15-,24-. The van der Waals surface area contributed by atoms with Crippen LogP contribution in [-0.4, -0.2) is 31.0 Å². The SMILES string of the molecule is O=C(N[C@H]1CC[C@@]2(CCN(c3cc(F)c(F)cc3Cl)C2=O)CC1)c1cccc2c1OCC2. The number of hydrogen-bond acceptors (Lipinski definition) is 3. The van der Waals surface area contributed by atoms with Gasteiger partial charge in [-0.2, -0.15) is 0 Å².